The molecule has 0 aromatic heterocycles. The van der Waals surface area contributed by atoms with E-state index in [1.54, 1.807) is 12.1 Å². The molecule has 8 heteroatoms. The Hall–Kier alpha value is -1.80. The second-order valence-corrected chi connectivity index (χ2v) is 12.4. The Kier molecular flexibility index (Phi) is 8.93. The molecule has 0 bridgehead atoms. The van der Waals surface area contributed by atoms with Gasteiger partial charge in [-0.1, -0.05) is 47.5 Å². The Labute approximate surface area is 148 Å². The first-order valence-corrected chi connectivity index (χ1v) is 10.4. The molecule has 2 nitrogen and oxygen atoms in total. The van der Waals surface area contributed by atoms with E-state index in [9.17, 15) is 17.3 Å². The molecule has 0 amide bonds. The summed E-state index contributed by atoms with van der Waals surface area (Å²) in [6.07, 6.45) is 0. The largest absolute Gasteiger partial charge is 0.673 e. The van der Waals surface area contributed by atoms with Gasteiger partial charge in [-0.2, -0.15) is 0 Å². The molecule has 0 N–H and O–H groups in total. The van der Waals surface area contributed by atoms with Gasteiger partial charge in [0.2, 0.25) is 5.39 Å². The van der Waals surface area contributed by atoms with Gasteiger partial charge in [0.25, 0.3) is 0 Å². The van der Waals surface area contributed by atoms with Crippen LogP contribution in [0.15, 0.2) is 24.3 Å². The third-order valence-corrected chi connectivity index (χ3v) is 10.6. The summed E-state index contributed by atoms with van der Waals surface area (Å²) in [6.45, 7) is 13.9. The minimum absolute atomic E-state index is 0.565. The first kappa shape index (κ1) is 23.2. The van der Waals surface area contributed by atoms with E-state index in [4.69, 9.17) is 5.39 Å². The van der Waals surface area contributed by atoms with Gasteiger partial charge in [0.15, 0.2) is 4.98 Å². The summed E-state index contributed by atoms with van der Waals surface area (Å²) in [5.74, 6) is 3.37. The Morgan fingerprint density at radius 2 is 1.24 bits per heavy atom. The molecule has 0 aliphatic carbocycles. The number of diazo groups is 1. The molecule has 0 atom stereocenters. The first-order valence-electron chi connectivity index (χ1n) is 8.20. The van der Waals surface area contributed by atoms with Crippen molar-refractivity contribution in [3.05, 3.63) is 34.8 Å². The van der Waals surface area contributed by atoms with Gasteiger partial charge in [0.1, 0.15) is 8.07 Å². The van der Waals surface area contributed by atoms with Gasteiger partial charge >= 0.3 is 12.9 Å². The van der Waals surface area contributed by atoms with Crippen LogP contribution in [0.1, 0.15) is 47.1 Å². The van der Waals surface area contributed by atoms with Crippen LogP contribution in [0.3, 0.4) is 0 Å². The lowest BCUT2D eigenvalue weighted by Crippen LogP contribution is -2.43. The van der Waals surface area contributed by atoms with E-state index in [2.05, 4.69) is 58.0 Å². The Balaban J connectivity index is 0.00000101. The topological polar surface area (TPSA) is 28.1 Å². The maximum Gasteiger partial charge on any atom is 0.673 e. The molecule has 0 spiro atoms. The summed E-state index contributed by atoms with van der Waals surface area (Å²) in [7, 11) is -7.67. The van der Waals surface area contributed by atoms with Crippen molar-refractivity contribution in [1.29, 1.82) is 5.39 Å². The predicted octanol–water partition coefficient (Wildman–Crippen LogP) is 7.04. The van der Waals surface area contributed by atoms with Crippen molar-refractivity contribution in [3.8, 4) is 11.5 Å². The quantitative estimate of drug-likeness (QED) is 0.242. The van der Waals surface area contributed by atoms with Crippen LogP contribution in [0.4, 0.5) is 23.0 Å². The van der Waals surface area contributed by atoms with E-state index >= 15 is 0 Å². The highest BCUT2D eigenvalue weighted by Gasteiger charge is 2.41. The zero-order valence-electron chi connectivity index (χ0n) is 15.5. The molecule has 1 aromatic carbocycles. The minimum atomic E-state index is -6.00. The van der Waals surface area contributed by atoms with E-state index in [0.717, 1.165) is 5.56 Å². The van der Waals surface area contributed by atoms with Crippen molar-refractivity contribution < 1.29 is 17.3 Å². The molecule has 25 heavy (non-hydrogen) atoms. The monoisotopic (exact) mass is 372 g/mol. The van der Waals surface area contributed by atoms with Crippen molar-refractivity contribution in [2.45, 2.75) is 58.2 Å². The third-order valence-electron chi connectivity index (χ3n) is 4.27. The Morgan fingerprint density at radius 1 is 0.880 bits per heavy atom. The fourth-order valence-electron chi connectivity index (χ4n) is 3.22. The first-order chi connectivity index (χ1) is 11.3. The van der Waals surface area contributed by atoms with Crippen molar-refractivity contribution in [2.24, 2.45) is 0 Å². The second-order valence-electron chi connectivity index (χ2n) is 6.79. The van der Waals surface area contributed by atoms with Crippen LogP contribution in [0.25, 0.3) is 4.98 Å². The van der Waals surface area contributed by atoms with Crippen molar-refractivity contribution in [1.82, 2.24) is 0 Å². The molecule has 0 saturated carbocycles. The molecule has 1 rings (SSSR count). The molecule has 0 saturated heterocycles. The molecule has 1 aromatic rings. The number of benzene rings is 1. The highest BCUT2D eigenvalue weighted by Crippen LogP contribution is 2.40. The smallest absolute Gasteiger partial charge is 0.418 e. The van der Waals surface area contributed by atoms with Crippen LogP contribution in [-0.2, 0) is 0 Å². The highest BCUT2D eigenvalue weighted by atomic mass is 28.3. The summed E-state index contributed by atoms with van der Waals surface area (Å²) in [5, 5.41) is 8.70. The molecule has 138 valence electrons. The summed E-state index contributed by atoms with van der Waals surface area (Å²) >= 11 is 0. The molecule has 0 aliphatic rings. The third kappa shape index (κ3) is 7.75. The van der Waals surface area contributed by atoms with Gasteiger partial charge in [-0.3, -0.25) is 0 Å². The fraction of sp³-hybridized carbons (Fsp3) is 0.529. The van der Waals surface area contributed by atoms with Crippen LogP contribution in [-0.4, -0.2) is 15.3 Å². The number of hydrogen-bond donors (Lipinski definition) is 0. The maximum absolute atomic E-state index is 9.75. The van der Waals surface area contributed by atoms with Gasteiger partial charge in [0.05, 0.1) is 0 Å². The fourth-order valence-corrected chi connectivity index (χ4v) is 8.45. The summed E-state index contributed by atoms with van der Waals surface area (Å²) in [5.41, 5.74) is 7.16. The van der Waals surface area contributed by atoms with Crippen LogP contribution < -0.4 is 0 Å². The second kappa shape index (κ2) is 9.62. The van der Waals surface area contributed by atoms with Crippen LogP contribution in [0.5, 0.6) is 0 Å². The summed E-state index contributed by atoms with van der Waals surface area (Å²) in [4.78, 5) is 3.17. The van der Waals surface area contributed by atoms with Gasteiger partial charge in [-0.15, -0.1) is 5.54 Å². The average Bonchev–Trinajstić information content (AvgIpc) is 2.45. The van der Waals surface area contributed by atoms with Crippen molar-refractivity contribution >= 4 is 21.0 Å². The number of nitrogens with zero attached hydrogens (tertiary/aromatic N) is 2. The Bertz CT molecular complexity index is 610. The average molecular weight is 372 g/mol. The zero-order chi connectivity index (χ0) is 19.8. The van der Waals surface area contributed by atoms with Gasteiger partial charge in [-0.05, 0) is 28.8 Å². The van der Waals surface area contributed by atoms with Crippen molar-refractivity contribution in [3.63, 3.8) is 0 Å². The SMILES string of the molecule is CC(C)[Si](C#Cc1ccc([N+]#N)cc1)(C(C)C)C(C)C.F[B-](F)(F)F. The standard InChI is InChI=1S/C17H25N2Si.BF4/c1-13(2)20(14(3)4,15(5)6)12-11-16-7-9-17(19-18)10-8-16;2-1(3,4)5/h7-10,13-15H,1-6H3;/q+1;-1. The van der Waals surface area contributed by atoms with Gasteiger partial charge < -0.3 is 17.3 Å². The molecular formula is C17H25BF4N2Si. The molecule has 0 fully saturated rings. The van der Waals surface area contributed by atoms with Crippen LogP contribution in [0.2, 0.25) is 16.6 Å². The van der Waals surface area contributed by atoms with Gasteiger partial charge in [0, 0.05) is 17.7 Å². The van der Waals surface area contributed by atoms with Crippen LogP contribution >= 0.6 is 0 Å². The molecule has 0 aliphatic heterocycles. The van der Waals surface area contributed by atoms with Crippen LogP contribution in [0, 0.1) is 16.9 Å². The van der Waals surface area contributed by atoms with E-state index in [1.807, 2.05) is 12.1 Å². The van der Waals surface area contributed by atoms with Crippen molar-refractivity contribution in [2.75, 3.05) is 0 Å². The predicted molar refractivity (Wildman–Crippen MR) is 99.3 cm³/mol. The zero-order valence-corrected chi connectivity index (χ0v) is 16.5. The van der Waals surface area contributed by atoms with E-state index in [-0.39, 0.29) is 0 Å². The molecular weight excluding hydrogens is 347 g/mol. The minimum Gasteiger partial charge on any atom is -0.418 e. The van der Waals surface area contributed by atoms with E-state index < -0.39 is 15.3 Å². The van der Waals surface area contributed by atoms with Gasteiger partial charge in [-0.25, -0.2) is 0 Å². The summed E-state index contributed by atoms with van der Waals surface area (Å²) < 4.78 is 39.0. The van der Waals surface area contributed by atoms with E-state index in [1.165, 1.54) is 0 Å². The molecule has 0 unspecified atom stereocenters. The molecule has 0 radical (unpaired) electrons. The number of rotatable bonds is 3. The van der Waals surface area contributed by atoms with E-state index in [0.29, 0.717) is 22.3 Å². The lowest BCUT2D eigenvalue weighted by atomic mass is 10.2. The Morgan fingerprint density at radius 3 is 1.52 bits per heavy atom. The normalized spacial score (nSPS) is 11.5. The maximum atomic E-state index is 9.75. The lowest BCUT2D eigenvalue weighted by Gasteiger charge is -2.38. The number of halogens is 4. The summed E-state index contributed by atoms with van der Waals surface area (Å²) in [6, 6.07) is 7.41. The molecule has 0 heterocycles. The lowest BCUT2D eigenvalue weighted by molar-refractivity contribution is 0.368. The highest BCUT2D eigenvalue weighted by molar-refractivity contribution is 6.90. The number of hydrogen-bond acceptors (Lipinski definition) is 1.